The number of rotatable bonds is 14. The Balaban J connectivity index is 1.74. The van der Waals surface area contributed by atoms with E-state index in [0.717, 1.165) is 19.6 Å². The zero-order valence-electron chi connectivity index (χ0n) is 14.2. The highest BCUT2D eigenvalue weighted by Crippen LogP contribution is 2.10. The topological polar surface area (TPSA) is 29.9 Å². The van der Waals surface area contributed by atoms with Crippen LogP contribution in [0.5, 0.6) is 0 Å². The van der Waals surface area contributed by atoms with Crippen LogP contribution in [0, 0.1) is 6.92 Å². The van der Waals surface area contributed by atoms with E-state index in [-0.39, 0.29) is 0 Å². The Morgan fingerprint density at radius 3 is 2.10 bits per heavy atom. The third-order valence-corrected chi connectivity index (χ3v) is 3.99. The quantitative estimate of drug-likeness (QED) is 0.504. The van der Waals surface area contributed by atoms with E-state index in [1.54, 1.807) is 0 Å². The number of nitrogens with one attached hydrogen (secondary N) is 1. The summed E-state index contributed by atoms with van der Waals surface area (Å²) in [7, 11) is 0. The molecule has 0 aliphatic carbocycles. The molecule has 0 bridgehead atoms. The van der Waals surface area contributed by atoms with E-state index in [1.807, 2.05) is 10.9 Å². The first-order valence-electron chi connectivity index (χ1n) is 9.02. The molecule has 0 amide bonds. The Morgan fingerprint density at radius 1 is 0.905 bits per heavy atom. The third kappa shape index (κ3) is 10.5. The molecule has 3 nitrogen and oxygen atoms in total. The summed E-state index contributed by atoms with van der Waals surface area (Å²) in [4.78, 5) is 0. The zero-order chi connectivity index (χ0) is 15.2. The Labute approximate surface area is 131 Å². The predicted molar refractivity (Wildman–Crippen MR) is 91.7 cm³/mol. The van der Waals surface area contributed by atoms with Gasteiger partial charge in [0.1, 0.15) is 0 Å². The maximum Gasteiger partial charge on any atom is 0.0534 e. The van der Waals surface area contributed by atoms with Gasteiger partial charge in [0, 0.05) is 12.7 Å². The summed E-state index contributed by atoms with van der Waals surface area (Å²) in [6.07, 6.45) is 18.1. The van der Waals surface area contributed by atoms with Gasteiger partial charge in [0.25, 0.3) is 0 Å². The minimum Gasteiger partial charge on any atom is -0.315 e. The van der Waals surface area contributed by atoms with E-state index in [1.165, 1.54) is 69.8 Å². The van der Waals surface area contributed by atoms with Crippen LogP contribution in [0.15, 0.2) is 12.4 Å². The fourth-order valence-electron chi connectivity index (χ4n) is 2.65. The van der Waals surface area contributed by atoms with Gasteiger partial charge in [-0.3, -0.25) is 4.68 Å². The second-order valence-corrected chi connectivity index (χ2v) is 6.21. The average Bonchev–Trinajstić information content (AvgIpc) is 2.89. The van der Waals surface area contributed by atoms with Crippen molar-refractivity contribution in [2.75, 3.05) is 13.1 Å². The average molecular weight is 293 g/mol. The van der Waals surface area contributed by atoms with E-state index in [0.29, 0.717) is 0 Å². The summed E-state index contributed by atoms with van der Waals surface area (Å²) in [5.74, 6) is 0. The number of hydrogen-bond acceptors (Lipinski definition) is 2. The number of hydrogen-bond donors (Lipinski definition) is 1. The highest BCUT2D eigenvalue weighted by molar-refractivity contribution is 4.99. The maximum absolute atomic E-state index is 4.29. The molecule has 3 heteroatoms. The van der Waals surface area contributed by atoms with Crippen molar-refractivity contribution in [3.05, 3.63) is 18.0 Å². The fourth-order valence-corrected chi connectivity index (χ4v) is 2.65. The lowest BCUT2D eigenvalue weighted by atomic mass is 10.1. The van der Waals surface area contributed by atoms with Crippen molar-refractivity contribution >= 4 is 0 Å². The van der Waals surface area contributed by atoms with Crippen molar-refractivity contribution in [3.8, 4) is 0 Å². The highest BCUT2D eigenvalue weighted by atomic mass is 15.3. The number of unbranched alkanes of at least 4 members (excludes halogenated alkanes) is 9. The zero-order valence-corrected chi connectivity index (χ0v) is 14.2. The SMILES string of the molecule is CCCCCCCCCCCCNCCn1cc(C)cn1. The number of aromatic nitrogens is 2. The molecule has 0 spiro atoms. The smallest absolute Gasteiger partial charge is 0.0534 e. The van der Waals surface area contributed by atoms with Crippen LogP contribution >= 0.6 is 0 Å². The van der Waals surface area contributed by atoms with Gasteiger partial charge in [-0.2, -0.15) is 5.10 Å². The molecule has 0 aliphatic heterocycles. The predicted octanol–water partition coefficient (Wildman–Crippen LogP) is 4.70. The van der Waals surface area contributed by atoms with E-state index in [2.05, 4.69) is 30.5 Å². The highest BCUT2D eigenvalue weighted by Gasteiger charge is 1.95. The summed E-state index contributed by atoms with van der Waals surface area (Å²) in [6.45, 7) is 7.52. The molecule has 1 aromatic heterocycles. The van der Waals surface area contributed by atoms with Crippen LogP contribution in [0.4, 0.5) is 0 Å². The second kappa shape index (κ2) is 12.9. The molecule has 21 heavy (non-hydrogen) atoms. The van der Waals surface area contributed by atoms with Gasteiger partial charge < -0.3 is 5.32 Å². The Morgan fingerprint density at radius 2 is 1.52 bits per heavy atom. The molecule has 0 unspecified atom stereocenters. The first kappa shape index (κ1) is 18.2. The Kier molecular flexibility index (Phi) is 11.2. The van der Waals surface area contributed by atoms with Gasteiger partial charge in [-0.15, -0.1) is 0 Å². The molecule has 1 rings (SSSR count). The van der Waals surface area contributed by atoms with Crippen molar-refractivity contribution in [1.29, 1.82) is 0 Å². The molecule has 0 saturated heterocycles. The summed E-state index contributed by atoms with van der Waals surface area (Å²) in [5.41, 5.74) is 1.24. The molecule has 122 valence electrons. The lowest BCUT2D eigenvalue weighted by Gasteiger charge is -2.05. The Bertz CT molecular complexity index is 333. The van der Waals surface area contributed by atoms with Gasteiger partial charge in [-0.1, -0.05) is 64.7 Å². The van der Waals surface area contributed by atoms with Crippen LogP contribution < -0.4 is 5.32 Å². The van der Waals surface area contributed by atoms with Gasteiger partial charge in [-0.25, -0.2) is 0 Å². The summed E-state index contributed by atoms with van der Waals surface area (Å²) < 4.78 is 2.01. The number of nitrogens with zero attached hydrogens (tertiary/aromatic N) is 2. The van der Waals surface area contributed by atoms with Crippen molar-refractivity contribution in [2.24, 2.45) is 0 Å². The van der Waals surface area contributed by atoms with Gasteiger partial charge in [0.05, 0.1) is 12.7 Å². The Hall–Kier alpha value is -0.830. The van der Waals surface area contributed by atoms with Gasteiger partial charge in [0.2, 0.25) is 0 Å². The van der Waals surface area contributed by atoms with Crippen LogP contribution in [-0.2, 0) is 6.54 Å². The van der Waals surface area contributed by atoms with Gasteiger partial charge in [-0.05, 0) is 25.5 Å². The normalized spacial score (nSPS) is 11.1. The van der Waals surface area contributed by atoms with Crippen molar-refractivity contribution in [2.45, 2.75) is 84.6 Å². The molecule has 1 heterocycles. The minimum absolute atomic E-state index is 0.978. The van der Waals surface area contributed by atoms with Crippen LogP contribution in [0.2, 0.25) is 0 Å². The van der Waals surface area contributed by atoms with Crippen LogP contribution in [0.3, 0.4) is 0 Å². The monoisotopic (exact) mass is 293 g/mol. The van der Waals surface area contributed by atoms with Crippen LogP contribution in [0.25, 0.3) is 0 Å². The molecule has 0 fully saturated rings. The molecule has 1 aromatic rings. The lowest BCUT2D eigenvalue weighted by molar-refractivity contribution is 0.521. The van der Waals surface area contributed by atoms with Crippen molar-refractivity contribution < 1.29 is 0 Å². The van der Waals surface area contributed by atoms with Gasteiger partial charge >= 0.3 is 0 Å². The third-order valence-electron chi connectivity index (χ3n) is 3.99. The molecular weight excluding hydrogens is 258 g/mol. The number of aryl methyl sites for hydroxylation is 1. The van der Waals surface area contributed by atoms with Gasteiger partial charge in [0.15, 0.2) is 0 Å². The first-order chi connectivity index (χ1) is 10.3. The first-order valence-corrected chi connectivity index (χ1v) is 9.02. The fraction of sp³-hybridized carbons (Fsp3) is 0.833. The molecule has 0 radical (unpaired) electrons. The van der Waals surface area contributed by atoms with Crippen LogP contribution in [0.1, 0.15) is 76.7 Å². The molecule has 0 aliphatic rings. The second-order valence-electron chi connectivity index (χ2n) is 6.21. The van der Waals surface area contributed by atoms with Crippen LogP contribution in [-0.4, -0.2) is 22.9 Å². The van der Waals surface area contributed by atoms with E-state index < -0.39 is 0 Å². The summed E-state index contributed by atoms with van der Waals surface area (Å²) >= 11 is 0. The van der Waals surface area contributed by atoms with E-state index >= 15 is 0 Å². The molecule has 0 atom stereocenters. The largest absolute Gasteiger partial charge is 0.315 e. The van der Waals surface area contributed by atoms with Crippen molar-refractivity contribution in [1.82, 2.24) is 15.1 Å². The molecular formula is C18H35N3. The van der Waals surface area contributed by atoms with Crippen molar-refractivity contribution in [3.63, 3.8) is 0 Å². The minimum atomic E-state index is 0.978. The maximum atomic E-state index is 4.29. The summed E-state index contributed by atoms with van der Waals surface area (Å²) in [5, 5.41) is 7.79. The van der Waals surface area contributed by atoms with E-state index in [9.17, 15) is 0 Å². The standard InChI is InChI=1S/C18H35N3/c1-3-4-5-6-7-8-9-10-11-12-13-19-14-15-21-17-18(2)16-20-21/h16-17,19H,3-15H2,1-2H3. The molecule has 0 aromatic carbocycles. The lowest BCUT2D eigenvalue weighted by Crippen LogP contribution is -2.21. The summed E-state index contributed by atoms with van der Waals surface area (Å²) in [6, 6.07) is 0. The molecule has 1 N–H and O–H groups in total. The molecule has 0 saturated carbocycles. The van der Waals surface area contributed by atoms with E-state index in [4.69, 9.17) is 0 Å².